The molecular formula is C22H21N5O4S. The molecule has 1 fully saturated rings. The fourth-order valence-electron chi connectivity index (χ4n) is 4.15. The molecule has 9 nitrogen and oxygen atoms in total. The van der Waals surface area contributed by atoms with Gasteiger partial charge in [0.05, 0.1) is 36.1 Å². The second-order valence-electron chi connectivity index (χ2n) is 7.72. The van der Waals surface area contributed by atoms with E-state index in [0.29, 0.717) is 22.3 Å². The normalized spacial score (nSPS) is 16.3. The number of thiazole rings is 1. The summed E-state index contributed by atoms with van der Waals surface area (Å²) < 4.78 is 12.1. The van der Waals surface area contributed by atoms with E-state index in [1.807, 2.05) is 36.6 Å². The average molecular weight is 452 g/mol. The summed E-state index contributed by atoms with van der Waals surface area (Å²) in [6, 6.07) is 5.71. The van der Waals surface area contributed by atoms with E-state index < -0.39 is 5.97 Å². The molecule has 1 atom stereocenters. The molecule has 0 aliphatic carbocycles. The van der Waals surface area contributed by atoms with Gasteiger partial charge in [0.25, 0.3) is 0 Å². The Balaban J connectivity index is 1.69. The number of carbonyl (C=O) groups excluding carboxylic acids is 2. The fourth-order valence-corrected chi connectivity index (χ4v) is 5.00. The summed E-state index contributed by atoms with van der Waals surface area (Å²) in [6.07, 6.45) is 3.58. The minimum Gasteiger partial charge on any atom is -0.465 e. The monoisotopic (exact) mass is 451 g/mol. The molecular weight excluding hydrogens is 430 g/mol. The minimum atomic E-state index is -0.439. The highest BCUT2D eigenvalue weighted by molar-refractivity contribution is 7.16. The minimum absolute atomic E-state index is 0.00524. The van der Waals surface area contributed by atoms with Crippen LogP contribution in [0.5, 0.6) is 0 Å². The molecule has 5 rings (SSSR count). The zero-order chi connectivity index (χ0) is 22.4. The summed E-state index contributed by atoms with van der Waals surface area (Å²) >= 11 is 1.22. The molecule has 0 radical (unpaired) electrons. The maximum atomic E-state index is 12.1. The molecule has 10 heteroatoms. The van der Waals surface area contributed by atoms with E-state index >= 15 is 0 Å². The van der Waals surface area contributed by atoms with Crippen LogP contribution >= 0.6 is 11.3 Å². The third-order valence-electron chi connectivity index (χ3n) is 5.62. The lowest BCUT2D eigenvalue weighted by Crippen LogP contribution is -2.34. The summed E-state index contributed by atoms with van der Waals surface area (Å²) in [5, 5.41) is 7.69. The van der Waals surface area contributed by atoms with Crippen molar-refractivity contribution in [2.24, 2.45) is 0 Å². The van der Waals surface area contributed by atoms with Crippen molar-refractivity contribution in [3.05, 3.63) is 46.6 Å². The van der Waals surface area contributed by atoms with Crippen molar-refractivity contribution in [2.75, 3.05) is 7.11 Å². The van der Waals surface area contributed by atoms with Crippen LogP contribution in [0.4, 0.5) is 0 Å². The highest BCUT2D eigenvalue weighted by Gasteiger charge is 2.28. The predicted octanol–water partition coefficient (Wildman–Crippen LogP) is 3.88. The lowest BCUT2D eigenvalue weighted by molar-refractivity contribution is -0.123. The fraction of sp³-hybridized carbons (Fsp3) is 0.318. The van der Waals surface area contributed by atoms with Gasteiger partial charge in [0, 0.05) is 12.0 Å². The van der Waals surface area contributed by atoms with Gasteiger partial charge in [-0.15, -0.1) is 0 Å². The number of imidazole rings is 1. The smallest absolute Gasteiger partial charge is 0.349 e. The van der Waals surface area contributed by atoms with Crippen LogP contribution in [0.2, 0.25) is 0 Å². The van der Waals surface area contributed by atoms with Crippen molar-refractivity contribution < 1.29 is 18.8 Å². The molecule has 0 saturated carbocycles. The van der Waals surface area contributed by atoms with Crippen LogP contribution in [-0.4, -0.2) is 38.7 Å². The van der Waals surface area contributed by atoms with Crippen LogP contribution in [0.1, 0.15) is 52.3 Å². The Morgan fingerprint density at radius 3 is 2.91 bits per heavy atom. The Morgan fingerprint density at radius 1 is 1.34 bits per heavy atom. The number of benzene rings is 1. The van der Waals surface area contributed by atoms with Gasteiger partial charge in [-0.25, -0.2) is 14.8 Å². The maximum absolute atomic E-state index is 12.1. The van der Waals surface area contributed by atoms with E-state index in [-0.39, 0.29) is 11.9 Å². The summed E-state index contributed by atoms with van der Waals surface area (Å²) in [4.78, 5) is 33.8. The molecule has 4 aromatic rings. The zero-order valence-electron chi connectivity index (χ0n) is 17.8. The van der Waals surface area contributed by atoms with E-state index in [0.717, 1.165) is 46.5 Å². The summed E-state index contributed by atoms with van der Waals surface area (Å²) in [5.41, 5.74) is 4.29. The Bertz CT molecular complexity index is 1330. The van der Waals surface area contributed by atoms with Crippen molar-refractivity contribution >= 4 is 34.2 Å². The van der Waals surface area contributed by atoms with E-state index in [2.05, 4.69) is 15.5 Å². The van der Waals surface area contributed by atoms with Crippen LogP contribution in [0.25, 0.3) is 27.3 Å². The zero-order valence-corrected chi connectivity index (χ0v) is 18.7. The van der Waals surface area contributed by atoms with Crippen LogP contribution in [0, 0.1) is 13.8 Å². The molecule has 164 valence electrons. The molecule has 1 saturated heterocycles. The first-order chi connectivity index (χ1) is 15.5. The number of fused-ring (bicyclic) bond motifs is 1. The first-order valence-corrected chi connectivity index (χ1v) is 11.1. The number of piperidine rings is 1. The summed E-state index contributed by atoms with van der Waals surface area (Å²) in [6.45, 7) is 3.78. The Kier molecular flexibility index (Phi) is 5.01. The highest BCUT2D eigenvalue weighted by Crippen LogP contribution is 2.34. The first-order valence-electron chi connectivity index (χ1n) is 10.3. The van der Waals surface area contributed by atoms with Gasteiger partial charge in [0.1, 0.15) is 16.5 Å². The number of amides is 1. The van der Waals surface area contributed by atoms with Crippen LogP contribution < -0.4 is 5.32 Å². The molecule has 1 aliphatic heterocycles. The average Bonchev–Trinajstić information content (AvgIpc) is 3.49. The molecule has 3 aromatic heterocycles. The van der Waals surface area contributed by atoms with E-state index in [1.54, 1.807) is 0 Å². The highest BCUT2D eigenvalue weighted by atomic mass is 32.1. The quantitative estimate of drug-likeness (QED) is 0.469. The van der Waals surface area contributed by atoms with Crippen LogP contribution in [0.3, 0.4) is 0 Å². The Morgan fingerprint density at radius 2 is 2.19 bits per heavy atom. The number of rotatable bonds is 4. The standard InChI is InChI=1S/C22H21N5O4S/c1-11-19(12(2)31-26-11)13-7-8-16-15(9-13)25-20(14-5-4-6-18(28)24-14)27(16)22-23-10-17(32-22)21(29)30-3/h7-10,14H,4-6H2,1-3H3,(H,24,28)/t14-/m1/s1. The van der Waals surface area contributed by atoms with Gasteiger partial charge >= 0.3 is 5.97 Å². The SMILES string of the molecule is COC(=O)c1cnc(-n2c([C@H]3CCCC(=O)N3)nc3cc(-c4c(C)noc4C)ccc32)s1. The van der Waals surface area contributed by atoms with Gasteiger partial charge in [0.2, 0.25) is 5.91 Å². The molecule has 0 bridgehead atoms. The number of ether oxygens (including phenoxy) is 1. The number of esters is 1. The maximum Gasteiger partial charge on any atom is 0.349 e. The molecule has 1 aromatic carbocycles. The number of nitrogens with one attached hydrogen (secondary N) is 1. The van der Waals surface area contributed by atoms with Crippen LogP contribution in [-0.2, 0) is 9.53 Å². The second-order valence-corrected chi connectivity index (χ2v) is 8.73. The number of methoxy groups -OCH3 is 1. The molecule has 32 heavy (non-hydrogen) atoms. The predicted molar refractivity (Wildman–Crippen MR) is 118 cm³/mol. The van der Waals surface area contributed by atoms with Gasteiger partial charge in [-0.2, -0.15) is 0 Å². The van der Waals surface area contributed by atoms with Crippen molar-refractivity contribution in [3.63, 3.8) is 0 Å². The number of carbonyl (C=O) groups is 2. The lowest BCUT2D eigenvalue weighted by Gasteiger charge is -2.23. The summed E-state index contributed by atoms with van der Waals surface area (Å²) in [5.74, 6) is 0.996. The van der Waals surface area contributed by atoms with Crippen LogP contribution in [0.15, 0.2) is 28.9 Å². The van der Waals surface area contributed by atoms with Gasteiger partial charge in [-0.3, -0.25) is 9.36 Å². The van der Waals surface area contributed by atoms with Gasteiger partial charge in [-0.1, -0.05) is 22.6 Å². The van der Waals surface area contributed by atoms with Crippen molar-refractivity contribution in [3.8, 4) is 16.3 Å². The number of hydrogen-bond acceptors (Lipinski definition) is 8. The molecule has 0 unspecified atom stereocenters. The largest absolute Gasteiger partial charge is 0.465 e. The molecule has 0 spiro atoms. The van der Waals surface area contributed by atoms with Crippen molar-refractivity contribution in [2.45, 2.75) is 39.2 Å². The van der Waals surface area contributed by atoms with Crippen molar-refractivity contribution in [1.82, 2.24) is 25.0 Å². The summed E-state index contributed by atoms with van der Waals surface area (Å²) in [7, 11) is 1.34. The Labute approximate surface area is 187 Å². The number of nitrogens with zero attached hydrogens (tertiary/aromatic N) is 4. The lowest BCUT2D eigenvalue weighted by atomic mass is 10.0. The van der Waals surface area contributed by atoms with Crippen molar-refractivity contribution in [1.29, 1.82) is 0 Å². The van der Waals surface area contributed by atoms with Gasteiger partial charge in [0.15, 0.2) is 5.13 Å². The molecule has 4 heterocycles. The van der Waals surface area contributed by atoms with E-state index in [1.165, 1.54) is 24.6 Å². The van der Waals surface area contributed by atoms with E-state index in [4.69, 9.17) is 14.2 Å². The second kappa shape index (κ2) is 7.86. The third kappa shape index (κ3) is 3.36. The molecule has 1 N–H and O–H groups in total. The molecule has 1 aliphatic rings. The topological polar surface area (TPSA) is 112 Å². The Hall–Kier alpha value is -3.53. The third-order valence-corrected chi connectivity index (χ3v) is 6.58. The first kappa shape index (κ1) is 20.4. The van der Waals surface area contributed by atoms with Gasteiger partial charge in [-0.05, 0) is 44.4 Å². The number of aryl methyl sites for hydroxylation is 2. The van der Waals surface area contributed by atoms with E-state index in [9.17, 15) is 9.59 Å². The molecule has 1 amide bonds. The van der Waals surface area contributed by atoms with Gasteiger partial charge < -0.3 is 14.6 Å². The number of hydrogen-bond donors (Lipinski definition) is 1. The number of aromatic nitrogens is 4.